The van der Waals surface area contributed by atoms with Gasteiger partial charge < -0.3 is 4.90 Å². The van der Waals surface area contributed by atoms with Gasteiger partial charge in [0.2, 0.25) is 5.91 Å². The van der Waals surface area contributed by atoms with E-state index < -0.39 is 0 Å². The molecule has 0 bridgehead atoms. The molecule has 1 heterocycles. The molecule has 0 saturated carbocycles. The standard InChI is InChI=1S/C16H21NO2/c1-12-6-3-4-7-14(12)11-16(19)17-9-5-8-15(17)10-13(2)18/h3-4,6-7,15H,5,8-11H2,1-2H3. The maximum atomic E-state index is 12.4. The highest BCUT2D eigenvalue weighted by Gasteiger charge is 2.29. The molecule has 3 nitrogen and oxygen atoms in total. The Labute approximate surface area is 114 Å². The van der Waals surface area contributed by atoms with Gasteiger partial charge in [-0.15, -0.1) is 0 Å². The van der Waals surface area contributed by atoms with Crippen LogP contribution in [0.2, 0.25) is 0 Å². The van der Waals surface area contributed by atoms with Crippen LogP contribution < -0.4 is 0 Å². The van der Waals surface area contributed by atoms with Crippen molar-refractivity contribution >= 4 is 11.7 Å². The predicted octanol–water partition coefficient (Wildman–Crippen LogP) is 2.51. The number of carbonyl (C=O) groups is 2. The summed E-state index contributed by atoms with van der Waals surface area (Å²) in [7, 11) is 0. The molecule has 0 N–H and O–H groups in total. The number of ketones is 1. The highest BCUT2D eigenvalue weighted by molar-refractivity contribution is 5.81. The summed E-state index contributed by atoms with van der Waals surface area (Å²) in [5, 5.41) is 0. The minimum Gasteiger partial charge on any atom is -0.339 e. The minimum absolute atomic E-state index is 0.119. The number of aryl methyl sites for hydroxylation is 1. The first kappa shape index (κ1) is 13.8. The Bertz CT molecular complexity index is 481. The zero-order chi connectivity index (χ0) is 13.8. The first-order valence-corrected chi connectivity index (χ1v) is 6.91. The molecule has 0 aliphatic carbocycles. The Kier molecular flexibility index (Phi) is 4.35. The normalized spacial score (nSPS) is 18.6. The molecule has 3 heteroatoms. The number of amides is 1. The summed E-state index contributed by atoms with van der Waals surface area (Å²) in [6.45, 7) is 4.42. The van der Waals surface area contributed by atoms with Crippen LogP contribution in [-0.2, 0) is 16.0 Å². The number of benzene rings is 1. The molecule has 19 heavy (non-hydrogen) atoms. The second kappa shape index (κ2) is 6.00. The van der Waals surface area contributed by atoms with Gasteiger partial charge >= 0.3 is 0 Å². The van der Waals surface area contributed by atoms with Crippen molar-refractivity contribution in [2.75, 3.05) is 6.54 Å². The van der Waals surface area contributed by atoms with Crippen molar-refractivity contribution in [1.82, 2.24) is 4.90 Å². The Balaban J connectivity index is 2.03. The second-order valence-electron chi connectivity index (χ2n) is 5.39. The van der Waals surface area contributed by atoms with Crippen LogP contribution in [0.5, 0.6) is 0 Å². The van der Waals surface area contributed by atoms with Crippen molar-refractivity contribution in [3.05, 3.63) is 35.4 Å². The number of hydrogen-bond donors (Lipinski definition) is 0. The molecule has 1 aliphatic rings. The molecule has 1 saturated heterocycles. The van der Waals surface area contributed by atoms with Crippen LogP contribution in [0, 0.1) is 6.92 Å². The average molecular weight is 259 g/mol. The van der Waals surface area contributed by atoms with Gasteiger partial charge in [0.15, 0.2) is 0 Å². The maximum absolute atomic E-state index is 12.4. The molecule has 1 atom stereocenters. The summed E-state index contributed by atoms with van der Waals surface area (Å²) >= 11 is 0. The molecule has 102 valence electrons. The smallest absolute Gasteiger partial charge is 0.227 e. The van der Waals surface area contributed by atoms with Crippen molar-refractivity contribution < 1.29 is 9.59 Å². The van der Waals surface area contributed by atoms with Crippen LogP contribution in [0.3, 0.4) is 0 Å². The summed E-state index contributed by atoms with van der Waals surface area (Å²) in [4.78, 5) is 25.5. The Morgan fingerprint density at radius 3 is 2.74 bits per heavy atom. The zero-order valence-electron chi connectivity index (χ0n) is 11.7. The average Bonchev–Trinajstić information content (AvgIpc) is 2.79. The lowest BCUT2D eigenvalue weighted by molar-refractivity contribution is -0.132. The Hall–Kier alpha value is -1.64. The number of carbonyl (C=O) groups excluding carboxylic acids is 2. The van der Waals surface area contributed by atoms with Crippen molar-refractivity contribution in [1.29, 1.82) is 0 Å². The highest BCUT2D eigenvalue weighted by Crippen LogP contribution is 2.22. The molecule has 0 spiro atoms. The van der Waals surface area contributed by atoms with Gasteiger partial charge in [0.05, 0.1) is 6.42 Å². The summed E-state index contributed by atoms with van der Waals surface area (Å²) in [5.74, 6) is 0.318. The largest absolute Gasteiger partial charge is 0.339 e. The van der Waals surface area contributed by atoms with E-state index in [-0.39, 0.29) is 17.7 Å². The number of likely N-dealkylation sites (tertiary alicyclic amines) is 1. The van der Waals surface area contributed by atoms with E-state index in [2.05, 4.69) is 0 Å². The number of hydrogen-bond acceptors (Lipinski definition) is 2. The topological polar surface area (TPSA) is 37.4 Å². The quantitative estimate of drug-likeness (QED) is 0.833. The van der Waals surface area contributed by atoms with Crippen LogP contribution in [0.25, 0.3) is 0 Å². The van der Waals surface area contributed by atoms with Gasteiger partial charge in [0.1, 0.15) is 5.78 Å². The zero-order valence-corrected chi connectivity index (χ0v) is 11.7. The molecule has 1 aromatic rings. The van der Waals surface area contributed by atoms with Crippen LogP contribution >= 0.6 is 0 Å². The van der Waals surface area contributed by atoms with E-state index in [4.69, 9.17) is 0 Å². The van der Waals surface area contributed by atoms with Gasteiger partial charge in [-0.25, -0.2) is 0 Å². The molecule has 1 amide bonds. The molecule has 0 radical (unpaired) electrons. The summed E-state index contributed by atoms with van der Waals surface area (Å²) in [6, 6.07) is 8.10. The Morgan fingerprint density at radius 1 is 1.32 bits per heavy atom. The fraction of sp³-hybridized carbons (Fsp3) is 0.500. The van der Waals surface area contributed by atoms with Crippen molar-refractivity contribution in [2.45, 2.75) is 45.6 Å². The van der Waals surface area contributed by atoms with E-state index in [0.29, 0.717) is 12.8 Å². The van der Waals surface area contributed by atoms with E-state index in [1.165, 1.54) is 0 Å². The van der Waals surface area contributed by atoms with Crippen LogP contribution in [-0.4, -0.2) is 29.2 Å². The van der Waals surface area contributed by atoms with Crippen LogP contribution in [0.1, 0.15) is 37.3 Å². The van der Waals surface area contributed by atoms with Crippen molar-refractivity contribution in [3.8, 4) is 0 Å². The van der Waals surface area contributed by atoms with Gasteiger partial charge in [0.25, 0.3) is 0 Å². The van der Waals surface area contributed by atoms with E-state index in [0.717, 1.165) is 30.5 Å². The maximum Gasteiger partial charge on any atom is 0.227 e. The van der Waals surface area contributed by atoms with E-state index in [9.17, 15) is 9.59 Å². The van der Waals surface area contributed by atoms with E-state index in [1.54, 1.807) is 6.92 Å². The molecular formula is C16H21NO2. The van der Waals surface area contributed by atoms with E-state index >= 15 is 0 Å². The summed E-state index contributed by atoms with van der Waals surface area (Å²) < 4.78 is 0. The van der Waals surface area contributed by atoms with Crippen LogP contribution in [0.4, 0.5) is 0 Å². The number of Topliss-reactive ketones (excluding diaryl/α,β-unsaturated/α-hetero) is 1. The predicted molar refractivity (Wildman–Crippen MR) is 74.9 cm³/mol. The van der Waals surface area contributed by atoms with Gasteiger partial charge in [-0.2, -0.15) is 0 Å². The molecule has 1 aliphatic heterocycles. The van der Waals surface area contributed by atoms with Crippen LogP contribution in [0.15, 0.2) is 24.3 Å². The van der Waals surface area contributed by atoms with Crippen molar-refractivity contribution in [2.24, 2.45) is 0 Å². The molecule has 0 aromatic heterocycles. The lowest BCUT2D eigenvalue weighted by Gasteiger charge is -2.24. The molecule has 1 fully saturated rings. The fourth-order valence-corrected chi connectivity index (χ4v) is 2.78. The molecule has 2 rings (SSSR count). The molecule has 1 aromatic carbocycles. The third-order valence-electron chi connectivity index (χ3n) is 3.82. The first-order valence-electron chi connectivity index (χ1n) is 6.91. The third-order valence-corrected chi connectivity index (χ3v) is 3.82. The lowest BCUT2D eigenvalue weighted by atomic mass is 10.0. The monoisotopic (exact) mass is 259 g/mol. The Morgan fingerprint density at radius 2 is 2.05 bits per heavy atom. The van der Waals surface area contributed by atoms with E-state index in [1.807, 2.05) is 36.1 Å². The molecular weight excluding hydrogens is 238 g/mol. The fourth-order valence-electron chi connectivity index (χ4n) is 2.78. The number of rotatable bonds is 4. The molecule has 1 unspecified atom stereocenters. The minimum atomic E-state index is 0.119. The summed E-state index contributed by atoms with van der Waals surface area (Å²) in [6.07, 6.45) is 2.91. The second-order valence-corrected chi connectivity index (χ2v) is 5.39. The third kappa shape index (κ3) is 3.43. The lowest BCUT2D eigenvalue weighted by Crippen LogP contribution is -2.37. The first-order chi connectivity index (χ1) is 9.08. The van der Waals surface area contributed by atoms with Gasteiger partial charge in [0, 0.05) is 19.0 Å². The van der Waals surface area contributed by atoms with Crippen molar-refractivity contribution in [3.63, 3.8) is 0 Å². The SMILES string of the molecule is CC(=O)CC1CCCN1C(=O)Cc1ccccc1C. The van der Waals surface area contributed by atoms with Gasteiger partial charge in [-0.3, -0.25) is 9.59 Å². The van der Waals surface area contributed by atoms with Gasteiger partial charge in [-0.05, 0) is 37.8 Å². The summed E-state index contributed by atoms with van der Waals surface area (Å²) in [5.41, 5.74) is 2.24. The number of nitrogens with zero attached hydrogens (tertiary/aromatic N) is 1. The van der Waals surface area contributed by atoms with Gasteiger partial charge in [-0.1, -0.05) is 24.3 Å². The highest BCUT2D eigenvalue weighted by atomic mass is 16.2.